The molecule has 25 heavy (non-hydrogen) atoms. The molecule has 0 aliphatic carbocycles. The second kappa shape index (κ2) is 6.93. The zero-order valence-electron chi connectivity index (χ0n) is 13.3. The van der Waals surface area contributed by atoms with Gasteiger partial charge >= 0.3 is 6.03 Å². The number of halogens is 2. The number of nitrogens with zero attached hydrogens (tertiary/aromatic N) is 1. The summed E-state index contributed by atoms with van der Waals surface area (Å²) >= 11 is 7.08. The lowest BCUT2D eigenvalue weighted by Crippen LogP contribution is -2.52. The van der Waals surface area contributed by atoms with E-state index in [0.29, 0.717) is 5.69 Å². The van der Waals surface area contributed by atoms with Gasteiger partial charge in [-0.1, -0.05) is 17.7 Å². The summed E-state index contributed by atoms with van der Waals surface area (Å²) < 4.78 is 38.2. The lowest BCUT2D eigenvalue weighted by atomic mass is 10.2. The fourth-order valence-corrected chi connectivity index (χ4v) is 6.20. The molecule has 0 spiro atoms. The fourth-order valence-electron chi connectivity index (χ4n) is 2.81. The highest BCUT2D eigenvalue weighted by molar-refractivity contribution is 7.91. The maximum Gasteiger partial charge on any atom is 0.322 e. The summed E-state index contributed by atoms with van der Waals surface area (Å²) in [6, 6.07) is 6.54. The van der Waals surface area contributed by atoms with Crippen molar-refractivity contribution < 1.29 is 17.6 Å². The molecule has 0 saturated carbocycles. The van der Waals surface area contributed by atoms with Crippen molar-refractivity contribution in [2.24, 2.45) is 0 Å². The lowest BCUT2D eigenvalue weighted by molar-refractivity contribution is 0.193. The van der Waals surface area contributed by atoms with Crippen LogP contribution < -0.4 is 5.32 Å². The molecule has 3 rings (SSSR count). The first-order valence-electron chi connectivity index (χ1n) is 7.55. The Bertz CT molecular complexity index is 887. The van der Waals surface area contributed by atoms with Gasteiger partial charge in [0.05, 0.1) is 10.8 Å². The second-order valence-electron chi connectivity index (χ2n) is 5.89. The first-order valence-corrected chi connectivity index (χ1v) is 10.5. The molecular weight excluding hydrogens is 387 g/mol. The summed E-state index contributed by atoms with van der Waals surface area (Å²) in [6.45, 7) is 1.77. The molecule has 1 aromatic heterocycles. The van der Waals surface area contributed by atoms with Crippen LogP contribution in [0.5, 0.6) is 0 Å². The molecule has 1 aliphatic heterocycles. The van der Waals surface area contributed by atoms with Crippen LogP contribution in [0.1, 0.15) is 17.1 Å². The molecule has 5 nitrogen and oxygen atoms in total. The van der Waals surface area contributed by atoms with E-state index in [4.69, 9.17) is 11.6 Å². The zero-order valence-corrected chi connectivity index (χ0v) is 15.7. The standard InChI is InChI=1S/C16H16ClFN2O3S2/c1-10-9-25(22,23)15(14-3-2-6-24-14)8-20(10)16(21)19-11-4-5-13(18)12(17)7-11/h2-7,10,15H,8-9H2,1H3,(H,19,21)/t10-,15?/m0/s1. The smallest absolute Gasteiger partial charge is 0.319 e. The molecule has 0 bridgehead atoms. The SMILES string of the molecule is C[C@H]1CS(=O)(=O)C(c2cccs2)CN1C(=O)Nc1ccc(F)c(Cl)c1. The van der Waals surface area contributed by atoms with Gasteiger partial charge in [-0.25, -0.2) is 17.6 Å². The number of hydrogen-bond donors (Lipinski definition) is 1. The molecule has 9 heteroatoms. The third kappa shape index (κ3) is 3.80. The Labute approximate surface area is 154 Å². The van der Waals surface area contributed by atoms with Gasteiger partial charge in [-0.05, 0) is 36.6 Å². The Morgan fingerprint density at radius 1 is 1.40 bits per heavy atom. The van der Waals surface area contributed by atoms with E-state index >= 15 is 0 Å². The minimum Gasteiger partial charge on any atom is -0.319 e. The molecule has 2 aromatic rings. The van der Waals surface area contributed by atoms with Gasteiger partial charge in [0, 0.05) is 23.2 Å². The molecule has 2 atom stereocenters. The number of thiophene rings is 1. The van der Waals surface area contributed by atoms with Gasteiger partial charge in [-0.15, -0.1) is 11.3 Å². The normalized spacial score (nSPS) is 22.6. The van der Waals surface area contributed by atoms with E-state index in [1.165, 1.54) is 28.4 Å². The maximum atomic E-state index is 13.2. The van der Waals surface area contributed by atoms with Crippen molar-refractivity contribution in [1.82, 2.24) is 4.90 Å². The van der Waals surface area contributed by atoms with Crippen molar-refractivity contribution in [3.8, 4) is 0 Å². The van der Waals surface area contributed by atoms with E-state index in [-0.39, 0.29) is 17.3 Å². The summed E-state index contributed by atoms with van der Waals surface area (Å²) in [5.41, 5.74) is 0.352. The number of rotatable bonds is 2. The second-order valence-corrected chi connectivity index (χ2v) is 9.51. The molecule has 1 N–H and O–H groups in total. The Hall–Kier alpha value is -1.64. The Morgan fingerprint density at radius 3 is 2.80 bits per heavy atom. The number of urea groups is 1. The van der Waals surface area contributed by atoms with Crippen LogP contribution in [0.3, 0.4) is 0 Å². The molecule has 1 fully saturated rings. The first kappa shape index (κ1) is 18.2. The van der Waals surface area contributed by atoms with E-state index in [2.05, 4.69) is 5.32 Å². The highest BCUT2D eigenvalue weighted by atomic mass is 35.5. The van der Waals surface area contributed by atoms with Crippen molar-refractivity contribution in [3.05, 3.63) is 51.4 Å². The van der Waals surface area contributed by atoms with Crippen molar-refractivity contribution >= 4 is 44.5 Å². The third-order valence-corrected chi connectivity index (χ3v) is 7.74. The van der Waals surface area contributed by atoms with E-state index < -0.39 is 33.0 Å². The molecule has 1 aromatic carbocycles. The van der Waals surface area contributed by atoms with Crippen LogP contribution in [-0.2, 0) is 9.84 Å². The summed E-state index contributed by atoms with van der Waals surface area (Å²) in [7, 11) is -3.33. The van der Waals surface area contributed by atoms with Crippen LogP contribution in [0.2, 0.25) is 5.02 Å². The van der Waals surface area contributed by atoms with Crippen molar-refractivity contribution in [3.63, 3.8) is 0 Å². The Kier molecular flexibility index (Phi) is 5.04. The summed E-state index contributed by atoms with van der Waals surface area (Å²) in [5, 5.41) is 3.64. The molecule has 134 valence electrons. The lowest BCUT2D eigenvalue weighted by Gasteiger charge is -2.37. The van der Waals surface area contributed by atoms with Gasteiger partial charge in [0.1, 0.15) is 11.1 Å². The topological polar surface area (TPSA) is 66.5 Å². The summed E-state index contributed by atoms with van der Waals surface area (Å²) in [6.07, 6.45) is 0. The minimum absolute atomic E-state index is 0.0742. The quantitative estimate of drug-likeness (QED) is 0.827. The van der Waals surface area contributed by atoms with Crippen LogP contribution in [0, 0.1) is 5.82 Å². The predicted octanol–water partition coefficient (Wildman–Crippen LogP) is 3.93. The number of carbonyl (C=O) groups is 1. The number of carbonyl (C=O) groups excluding carboxylic acids is 1. The molecular formula is C16H16ClFN2O3S2. The molecule has 1 saturated heterocycles. The molecule has 1 aliphatic rings. The highest BCUT2D eigenvalue weighted by Crippen LogP contribution is 2.33. The number of benzene rings is 1. The van der Waals surface area contributed by atoms with E-state index in [0.717, 1.165) is 10.9 Å². The number of nitrogens with one attached hydrogen (secondary N) is 1. The van der Waals surface area contributed by atoms with Crippen molar-refractivity contribution in [1.29, 1.82) is 0 Å². The van der Waals surface area contributed by atoms with Gasteiger partial charge in [-0.2, -0.15) is 0 Å². The molecule has 2 heterocycles. The van der Waals surface area contributed by atoms with Crippen LogP contribution in [0.25, 0.3) is 0 Å². The van der Waals surface area contributed by atoms with Crippen LogP contribution in [0.4, 0.5) is 14.9 Å². The van der Waals surface area contributed by atoms with Crippen molar-refractivity contribution in [2.45, 2.75) is 18.2 Å². The maximum absolute atomic E-state index is 13.2. The van der Waals surface area contributed by atoms with Gasteiger partial charge in [0.2, 0.25) is 0 Å². The highest BCUT2D eigenvalue weighted by Gasteiger charge is 2.40. The average Bonchev–Trinajstić information content (AvgIpc) is 3.04. The molecule has 1 unspecified atom stereocenters. The molecule has 0 radical (unpaired) electrons. The predicted molar refractivity (Wildman–Crippen MR) is 97.4 cm³/mol. The zero-order chi connectivity index (χ0) is 18.2. The number of amides is 2. The Balaban J connectivity index is 1.80. The number of sulfone groups is 1. The largest absolute Gasteiger partial charge is 0.322 e. The monoisotopic (exact) mass is 402 g/mol. The van der Waals surface area contributed by atoms with E-state index in [9.17, 15) is 17.6 Å². The fraction of sp³-hybridized carbons (Fsp3) is 0.312. The molecule has 2 amide bonds. The van der Waals surface area contributed by atoms with Crippen LogP contribution in [-0.4, -0.2) is 37.7 Å². The number of anilines is 1. The van der Waals surface area contributed by atoms with Gasteiger partial charge < -0.3 is 10.2 Å². The number of hydrogen-bond acceptors (Lipinski definition) is 4. The van der Waals surface area contributed by atoms with Crippen LogP contribution >= 0.6 is 22.9 Å². The van der Waals surface area contributed by atoms with Gasteiger partial charge in [-0.3, -0.25) is 0 Å². The summed E-state index contributed by atoms with van der Waals surface area (Å²) in [5.74, 6) is -0.678. The van der Waals surface area contributed by atoms with Gasteiger partial charge in [0.25, 0.3) is 0 Å². The van der Waals surface area contributed by atoms with Gasteiger partial charge in [0.15, 0.2) is 9.84 Å². The summed E-state index contributed by atoms with van der Waals surface area (Å²) in [4.78, 5) is 14.8. The van der Waals surface area contributed by atoms with Crippen LogP contribution in [0.15, 0.2) is 35.7 Å². The third-order valence-electron chi connectivity index (χ3n) is 4.09. The van der Waals surface area contributed by atoms with Crippen molar-refractivity contribution in [2.75, 3.05) is 17.6 Å². The van der Waals surface area contributed by atoms with E-state index in [1.807, 2.05) is 5.38 Å². The first-order chi connectivity index (χ1) is 11.8. The average molecular weight is 403 g/mol. The minimum atomic E-state index is -3.33. The Morgan fingerprint density at radius 2 is 2.16 bits per heavy atom. The van der Waals surface area contributed by atoms with E-state index in [1.54, 1.807) is 19.1 Å².